The predicted molar refractivity (Wildman–Crippen MR) is 77.8 cm³/mol. The van der Waals surface area contributed by atoms with Crippen molar-refractivity contribution in [3.8, 4) is 0 Å². The lowest BCUT2D eigenvalue weighted by atomic mass is 10.0. The first-order valence-corrected chi connectivity index (χ1v) is 6.90. The van der Waals surface area contributed by atoms with Crippen molar-refractivity contribution >= 4 is 17.4 Å². The van der Waals surface area contributed by atoms with Crippen LogP contribution < -0.4 is 0 Å². The largest absolute Gasteiger partial charge is 0.294 e. The zero-order valence-corrected chi connectivity index (χ0v) is 11.5. The van der Waals surface area contributed by atoms with Gasteiger partial charge in [-0.2, -0.15) is 0 Å². The van der Waals surface area contributed by atoms with E-state index in [-0.39, 0.29) is 11.7 Å². The Hall–Kier alpha value is -1.60. The molecule has 0 heterocycles. The average Bonchev–Trinajstić information content (AvgIpc) is 3.22. The number of carbonyl (C=O) groups excluding carboxylic acids is 1. The van der Waals surface area contributed by atoms with Crippen LogP contribution in [-0.4, -0.2) is 5.78 Å². The van der Waals surface area contributed by atoms with Crippen LogP contribution in [-0.2, 0) is 0 Å². The summed E-state index contributed by atoms with van der Waals surface area (Å²) in [4.78, 5) is 12.4. The number of carbonyl (C=O) groups is 1. The minimum atomic E-state index is 0.142. The first kappa shape index (κ1) is 12.4. The van der Waals surface area contributed by atoms with Crippen molar-refractivity contribution in [2.24, 2.45) is 5.92 Å². The first-order valence-electron chi connectivity index (χ1n) is 6.52. The number of rotatable bonds is 3. The van der Waals surface area contributed by atoms with Gasteiger partial charge < -0.3 is 0 Å². The molecule has 0 aliphatic heterocycles. The van der Waals surface area contributed by atoms with Gasteiger partial charge in [0, 0.05) is 16.5 Å². The van der Waals surface area contributed by atoms with Gasteiger partial charge in [-0.05, 0) is 48.6 Å². The smallest absolute Gasteiger partial charge is 0.166 e. The van der Waals surface area contributed by atoms with Crippen LogP contribution in [0.4, 0.5) is 0 Å². The maximum absolute atomic E-state index is 12.4. The summed E-state index contributed by atoms with van der Waals surface area (Å²) < 4.78 is 0. The molecular formula is C17H15ClO. The summed E-state index contributed by atoms with van der Waals surface area (Å²) in [5.74, 6) is 0.779. The molecule has 19 heavy (non-hydrogen) atoms. The fraction of sp³-hybridized carbons (Fsp3) is 0.235. The highest BCUT2D eigenvalue weighted by molar-refractivity contribution is 6.31. The second kappa shape index (κ2) is 4.82. The van der Waals surface area contributed by atoms with E-state index in [2.05, 4.69) is 12.1 Å². The molecule has 0 spiro atoms. The van der Waals surface area contributed by atoms with E-state index < -0.39 is 0 Å². The molecule has 2 heteroatoms. The van der Waals surface area contributed by atoms with Crippen molar-refractivity contribution in [1.82, 2.24) is 0 Å². The second-order valence-electron chi connectivity index (χ2n) is 5.19. The molecule has 2 aromatic rings. The predicted octanol–water partition coefficient (Wildman–Crippen LogP) is 4.63. The Bertz CT molecular complexity index is 618. The molecule has 2 aromatic carbocycles. The van der Waals surface area contributed by atoms with Crippen LogP contribution in [0.15, 0.2) is 48.5 Å². The third-order valence-electron chi connectivity index (χ3n) is 3.80. The van der Waals surface area contributed by atoms with Gasteiger partial charge in [0.1, 0.15) is 0 Å². The van der Waals surface area contributed by atoms with Gasteiger partial charge in [-0.3, -0.25) is 4.79 Å². The lowest BCUT2D eigenvalue weighted by Gasteiger charge is -2.04. The first-order chi connectivity index (χ1) is 9.16. The van der Waals surface area contributed by atoms with Crippen LogP contribution in [0.25, 0.3) is 0 Å². The monoisotopic (exact) mass is 270 g/mol. The number of Topliss-reactive ketones (excluding diaryl/α,β-unsaturated/α-hetero) is 1. The Morgan fingerprint density at radius 2 is 1.89 bits per heavy atom. The molecule has 1 fully saturated rings. The Kier molecular flexibility index (Phi) is 3.16. The third kappa shape index (κ3) is 2.43. The van der Waals surface area contributed by atoms with Gasteiger partial charge in [-0.15, -0.1) is 0 Å². The summed E-state index contributed by atoms with van der Waals surface area (Å²) in [6.45, 7) is 1.93. The highest BCUT2D eigenvalue weighted by Gasteiger charge is 2.43. The highest BCUT2D eigenvalue weighted by atomic mass is 35.5. The van der Waals surface area contributed by atoms with Crippen molar-refractivity contribution in [3.05, 3.63) is 70.2 Å². The maximum atomic E-state index is 12.4. The van der Waals surface area contributed by atoms with Gasteiger partial charge in [-0.25, -0.2) is 0 Å². The van der Waals surface area contributed by atoms with E-state index >= 15 is 0 Å². The standard InChI is InChI=1S/C17H15ClO/c1-11-9-13(7-8-16(11)18)17(19)15-10-14(15)12-5-3-2-4-6-12/h2-9,14-15H,10H2,1H3. The summed E-state index contributed by atoms with van der Waals surface area (Å²) in [6, 6.07) is 15.8. The van der Waals surface area contributed by atoms with Gasteiger partial charge in [0.05, 0.1) is 0 Å². The molecular weight excluding hydrogens is 256 g/mol. The minimum Gasteiger partial charge on any atom is -0.294 e. The molecule has 0 bridgehead atoms. The quantitative estimate of drug-likeness (QED) is 0.743. The van der Waals surface area contributed by atoms with Crippen molar-refractivity contribution in [3.63, 3.8) is 0 Å². The van der Waals surface area contributed by atoms with Gasteiger partial charge in [0.15, 0.2) is 5.78 Å². The summed E-state index contributed by atoms with van der Waals surface area (Å²) >= 11 is 5.99. The molecule has 2 unspecified atom stereocenters. The molecule has 0 saturated heterocycles. The number of aryl methyl sites for hydroxylation is 1. The molecule has 0 amide bonds. The molecule has 0 N–H and O–H groups in total. The number of benzene rings is 2. The summed E-state index contributed by atoms with van der Waals surface area (Å²) in [6.07, 6.45) is 0.963. The maximum Gasteiger partial charge on any atom is 0.166 e. The summed E-state index contributed by atoms with van der Waals surface area (Å²) in [7, 11) is 0. The fourth-order valence-electron chi connectivity index (χ4n) is 2.57. The van der Waals surface area contributed by atoms with Crippen LogP contribution in [0.2, 0.25) is 5.02 Å². The molecule has 1 nitrogen and oxygen atoms in total. The van der Waals surface area contributed by atoms with E-state index in [1.807, 2.05) is 43.3 Å². The Morgan fingerprint density at radius 1 is 1.16 bits per heavy atom. The molecule has 96 valence electrons. The summed E-state index contributed by atoms with van der Waals surface area (Å²) in [5, 5.41) is 0.715. The molecule has 2 atom stereocenters. The van der Waals surface area contributed by atoms with Crippen molar-refractivity contribution < 1.29 is 4.79 Å². The Labute approximate surface area is 118 Å². The molecule has 1 aliphatic rings. The van der Waals surface area contributed by atoms with Crippen molar-refractivity contribution in [1.29, 1.82) is 0 Å². The zero-order chi connectivity index (χ0) is 13.4. The van der Waals surface area contributed by atoms with E-state index in [4.69, 9.17) is 11.6 Å². The van der Waals surface area contributed by atoms with Crippen LogP contribution >= 0.6 is 11.6 Å². The van der Waals surface area contributed by atoms with Crippen LogP contribution in [0.3, 0.4) is 0 Å². The van der Waals surface area contributed by atoms with Crippen molar-refractivity contribution in [2.75, 3.05) is 0 Å². The third-order valence-corrected chi connectivity index (χ3v) is 4.22. The van der Waals surface area contributed by atoms with Gasteiger partial charge in [0.25, 0.3) is 0 Å². The van der Waals surface area contributed by atoms with Crippen LogP contribution in [0.5, 0.6) is 0 Å². The highest BCUT2D eigenvalue weighted by Crippen LogP contribution is 2.49. The molecule has 1 saturated carbocycles. The Morgan fingerprint density at radius 3 is 2.58 bits per heavy atom. The lowest BCUT2D eigenvalue weighted by molar-refractivity contribution is 0.0965. The van der Waals surface area contributed by atoms with Crippen LogP contribution in [0, 0.1) is 12.8 Å². The lowest BCUT2D eigenvalue weighted by Crippen LogP contribution is -2.03. The SMILES string of the molecule is Cc1cc(C(=O)C2CC2c2ccccc2)ccc1Cl. The Balaban J connectivity index is 1.78. The van der Waals surface area contributed by atoms with Crippen molar-refractivity contribution in [2.45, 2.75) is 19.3 Å². The number of hydrogen-bond donors (Lipinski definition) is 0. The van der Waals surface area contributed by atoms with E-state index in [1.165, 1.54) is 5.56 Å². The molecule has 1 aliphatic carbocycles. The van der Waals surface area contributed by atoms with E-state index in [0.29, 0.717) is 10.9 Å². The number of ketones is 1. The number of hydrogen-bond acceptors (Lipinski definition) is 1. The van der Waals surface area contributed by atoms with Gasteiger partial charge in [-0.1, -0.05) is 41.9 Å². The van der Waals surface area contributed by atoms with Crippen LogP contribution in [0.1, 0.15) is 33.8 Å². The number of halogens is 1. The van der Waals surface area contributed by atoms with E-state index in [9.17, 15) is 4.79 Å². The van der Waals surface area contributed by atoms with E-state index in [1.54, 1.807) is 0 Å². The van der Waals surface area contributed by atoms with Gasteiger partial charge in [0.2, 0.25) is 0 Å². The zero-order valence-electron chi connectivity index (χ0n) is 10.8. The second-order valence-corrected chi connectivity index (χ2v) is 5.59. The van der Waals surface area contributed by atoms with E-state index in [0.717, 1.165) is 17.5 Å². The normalized spacial score (nSPS) is 21.2. The summed E-state index contributed by atoms with van der Waals surface area (Å²) in [5.41, 5.74) is 3.02. The topological polar surface area (TPSA) is 17.1 Å². The molecule has 0 radical (unpaired) electrons. The average molecular weight is 271 g/mol. The molecule has 3 rings (SSSR count). The van der Waals surface area contributed by atoms with Gasteiger partial charge >= 0.3 is 0 Å². The molecule has 0 aromatic heterocycles. The minimum absolute atomic E-state index is 0.142. The fourth-order valence-corrected chi connectivity index (χ4v) is 2.68.